The fraction of sp³-hybridized carbons (Fsp3) is 0.714. The number of rotatable bonds is 15. The quantitative estimate of drug-likeness (QED) is 0.149. The molecule has 0 atom stereocenters. The van der Waals surface area contributed by atoms with Crippen LogP contribution < -0.4 is 2.89 Å². The van der Waals surface area contributed by atoms with Crippen LogP contribution in [0.15, 0.2) is 17.5 Å². The van der Waals surface area contributed by atoms with Crippen molar-refractivity contribution in [2.45, 2.75) is 124 Å². The minimum atomic E-state index is -2.05. The van der Waals surface area contributed by atoms with Crippen LogP contribution in [0.5, 0.6) is 0 Å². The summed E-state index contributed by atoms with van der Waals surface area (Å²) >= 11 is 2.15. The molecule has 0 amide bonds. The first-order chi connectivity index (χ1) is 14.9. The van der Waals surface area contributed by atoms with Crippen molar-refractivity contribution in [3.05, 3.63) is 28.6 Å². The monoisotopic (exact) mass is 566 g/mol. The summed E-state index contributed by atoms with van der Waals surface area (Å²) in [6.45, 7) is 4.64. The maximum atomic E-state index is 2.72. The van der Waals surface area contributed by atoms with Crippen LogP contribution in [0.1, 0.15) is 115 Å². The number of fused-ring (bicyclic) bond motifs is 3. The standard InChI is InChI=1S/C25H37S2.3CH3.Sn/c1-3-5-7-9-11-13-17-25(18-14-12-10-8-6-4-2)21-15-19-26-23(21)24-22(25)16-20-27-24;;;;/h15-16,19H,3-14,17-18H2,1-2H3;3*1H3;. The first-order valence-corrected chi connectivity index (χ1v) is 24.9. The van der Waals surface area contributed by atoms with Crippen LogP contribution in [-0.4, -0.2) is 18.4 Å². The van der Waals surface area contributed by atoms with E-state index < -0.39 is 18.4 Å². The van der Waals surface area contributed by atoms with Gasteiger partial charge in [-0.25, -0.2) is 0 Å². The summed E-state index contributed by atoms with van der Waals surface area (Å²) in [4.78, 5) is 11.1. The Balaban J connectivity index is 1.80. The van der Waals surface area contributed by atoms with Crippen LogP contribution in [0.4, 0.5) is 0 Å². The summed E-state index contributed by atoms with van der Waals surface area (Å²) in [5.41, 5.74) is 3.78. The molecule has 0 unspecified atom stereocenters. The molecule has 0 N–H and O–H groups in total. The van der Waals surface area contributed by atoms with Gasteiger partial charge < -0.3 is 0 Å². The Morgan fingerprint density at radius 1 is 0.710 bits per heavy atom. The zero-order valence-electron chi connectivity index (χ0n) is 20.9. The average Bonchev–Trinajstić information content (AvgIpc) is 3.42. The number of unbranched alkanes of at least 4 members (excludes halogenated alkanes) is 10. The molecular formula is C28H46S2Sn. The molecule has 2 heterocycles. The zero-order valence-corrected chi connectivity index (χ0v) is 25.4. The van der Waals surface area contributed by atoms with Crippen LogP contribution in [0.2, 0.25) is 14.8 Å². The fourth-order valence-electron chi connectivity index (χ4n) is 5.37. The topological polar surface area (TPSA) is 0 Å². The predicted molar refractivity (Wildman–Crippen MR) is 147 cm³/mol. The van der Waals surface area contributed by atoms with Crippen LogP contribution in [0.3, 0.4) is 0 Å². The molecule has 0 bridgehead atoms. The first-order valence-electron chi connectivity index (χ1n) is 13.2. The number of hydrogen-bond donors (Lipinski definition) is 0. The van der Waals surface area contributed by atoms with E-state index in [1.807, 2.05) is 11.3 Å². The van der Waals surface area contributed by atoms with Gasteiger partial charge in [-0.2, -0.15) is 0 Å². The van der Waals surface area contributed by atoms with E-state index in [9.17, 15) is 0 Å². The van der Waals surface area contributed by atoms with Crippen molar-refractivity contribution in [2.24, 2.45) is 0 Å². The molecule has 0 saturated carbocycles. The van der Waals surface area contributed by atoms with Gasteiger partial charge in [-0.15, -0.1) is 0 Å². The van der Waals surface area contributed by atoms with Gasteiger partial charge >= 0.3 is 206 Å². The summed E-state index contributed by atoms with van der Waals surface area (Å²) in [6.07, 6.45) is 19.6. The van der Waals surface area contributed by atoms with Crippen molar-refractivity contribution in [1.82, 2.24) is 0 Å². The molecule has 2 aromatic rings. The van der Waals surface area contributed by atoms with Gasteiger partial charge in [-0.1, -0.05) is 0 Å². The van der Waals surface area contributed by atoms with Crippen LogP contribution in [0, 0.1) is 0 Å². The van der Waals surface area contributed by atoms with E-state index in [0.717, 1.165) is 0 Å². The summed E-state index contributed by atoms with van der Waals surface area (Å²) in [5.74, 6) is 0. The number of hydrogen-bond acceptors (Lipinski definition) is 2. The second-order valence-electron chi connectivity index (χ2n) is 10.9. The Bertz CT molecular complexity index is 776. The molecule has 3 rings (SSSR count). The molecule has 2 aromatic heterocycles. The van der Waals surface area contributed by atoms with E-state index in [1.165, 1.54) is 89.9 Å². The van der Waals surface area contributed by atoms with E-state index in [4.69, 9.17) is 0 Å². The molecule has 0 saturated heterocycles. The normalized spacial score (nSPS) is 14.7. The molecule has 1 aliphatic rings. The van der Waals surface area contributed by atoms with E-state index in [-0.39, 0.29) is 0 Å². The third kappa shape index (κ3) is 6.21. The maximum absolute atomic E-state index is 2.72. The van der Waals surface area contributed by atoms with Gasteiger partial charge in [0.15, 0.2) is 0 Å². The average molecular weight is 566 g/mol. The van der Waals surface area contributed by atoms with Crippen LogP contribution in [-0.2, 0) is 5.41 Å². The van der Waals surface area contributed by atoms with Gasteiger partial charge in [-0.05, 0) is 0 Å². The van der Waals surface area contributed by atoms with Crippen molar-refractivity contribution < 1.29 is 0 Å². The fourth-order valence-corrected chi connectivity index (χ4v) is 13.0. The summed E-state index contributed by atoms with van der Waals surface area (Å²) in [7, 11) is 0. The molecule has 3 heteroatoms. The van der Waals surface area contributed by atoms with Crippen LogP contribution >= 0.6 is 22.7 Å². The first kappa shape index (κ1) is 25.8. The predicted octanol–water partition coefficient (Wildman–Crippen LogP) is 10.1. The van der Waals surface area contributed by atoms with Gasteiger partial charge in [-0.3, -0.25) is 0 Å². The Morgan fingerprint density at radius 3 is 1.81 bits per heavy atom. The van der Waals surface area contributed by atoms with Crippen LogP contribution in [0.25, 0.3) is 9.75 Å². The molecule has 1 aliphatic carbocycles. The molecule has 0 aromatic carbocycles. The molecule has 0 spiro atoms. The third-order valence-electron chi connectivity index (χ3n) is 7.29. The summed E-state index contributed by atoms with van der Waals surface area (Å²) in [5, 5.41) is 2.38. The molecule has 31 heavy (non-hydrogen) atoms. The molecule has 0 radical (unpaired) electrons. The van der Waals surface area contributed by atoms with E-state index >= 15 is 0 Å². The number of thiophene rings is 2. The zero-order chi connectivity index (χ0) is 22.3. The summed E-state index contributed by atoms with van der Waals surface area (Å²) in [6, 6.07) is 5.22. The van der Waals surface area contributed by atoms with Crippen molar-refractivity contribution in [1.29, 1.82) is 0 Å². The second-order valence-corrected chi connectivity index (χ2v) is 28.3. The molecule has 0 fully saturated rings. The Kier molecular flexibility index (Phi) is 10.0. The van der Waals surface area contributed by atoms with Crippen molar-refractivity contribution in [2.75, 3.05) is 0 Å². The SMILES string of the molecule is CCCCCCCCC1(CCCCCCCC)c2ccsc2-c2s[c]([Sn]([CH3])([CH3])[CH3])cc21. The van der Waals surface area contributed by atoms with E-state index in [2.05, 4.69) is 57.5 Å². The Hall–Kier alpha value is 0.199. The van der Waals surface area contributed by atoms with Gasteiger partial charge in [0.25, 0.3) is 0 Å². The Labute approximate surface area is 205 Å². The minimum absolute atomic E-state index is 0.325. The molecule has 0 aliphatic heterocycles. The van der Waals surface area contributed by atoms with Crippen molar-refractivity contribution >= 4 is 43.9 Å². The van der Waals surface area contributed by atoms with Crippen molar-refractivity contribution in [3.8, 4) is 9.75 Å². The molecular weight excluding hydrogens is 519 g/mol. The van der Waals surface area contributed by atoms with E-state index in [1.54, 1.807) is 23.8 Å². The van der Waals surface area contributed by atoms with Gasteiger partial charge in [0.05, 0.1) is 0 Å². The van der Waals surface area contributed by atoms with Crippen molar-refractivity contribution in [3.63, 3.8) is 0 Å². The molecule has 0 nitrogen and oxygen atoms in total. The van der Waals surface area contributed by atoms with Gasteiger partial charge in [0.2, 0.25) is 0 Å². The summed E-state index contributed by atoms with van der Waals surface area (Å²) < 4.78 is 1.79. The Morgan fingerprint density at radius 2 is 1.26 bits per heavy atom. The third-order valence-corrected chi connectivity index (χ3v) is 18.9. The second kappa shape index (κ2) is 12.1. The van der Waals surface area contributed by atoms with Gasteiger partial charge in [0, 0.05) is 0 Å². The molecule has 174 valence electrons. The van der Waals surface area contributed by atoms with Gasteiger partial charge in [0.1, 0.15) is 0 Å². The van der Waals surface area contributed by atoms with E-state index in [0.29, 0.717) is 5.41 Å².